The summed E-state index contributed by atoms with van der Waals surface area (Å²) in [7, 11) is 0. The highest BCUT2D eigenvalue weighted by Crippen LogP contribution is 2.50. The number of hydrogen-bond donors (Lipinski definition) is 0. The standard InChI is InChI=1S/C45H32N4O/c1-5-15-29(16-6-1)34-27-36-40(28-35(34)45-47-43(30-17-7-2-8-18-30)46-44(48-45)31-19-9-3-10-20-31)50-39-26-25-38-41(42(36)39)33-23-13-14-24-37(33)49(38)32-21-11-4-12-22-32/h1-28,34-35,38,41H. The molecule has 50 heavy (non-hydrogen) atoms. The summed E-state index contributed by atoms with van der Waals surface area (Å²) in [6, 6.07) is 50.7. The van der Waals surface area contributed by atoms with Gasteiger partial charge < -0.3 is 9.32 Å². The summed E-state index contributed by atoms with van der Waals surface area (Å²) in [6.45, 7) is 0. The Morgan fingerprint density at radius 3 is 1.84 bits per heavy atom. The van der Waals surface area contributed by atoms with Crippen LogP contribution in [0.3, 0.4) is 0 Å². The van der Waals surface area contributed by atoms with Gasteiger partial charge in [-0.05, 0) is 41.5 Å². The molecule has 1 aliphatic heterocycles. The van der Waals surface area contributed by atoms with E-state index < -0.39 is 0 Å². The number of para-hydroxylation sites is 2. The minimum Gasteiger partial charge on any atom is -0.457 e. The molecule has 4 unspecified atom stereocenters. The van der Waals surface area contributed by atoms with Crippen molar-refractivity contribution in [1.29, 1.82) is 0 Å². The number of hydrogen-bond acceptors (Lipinski definition) is 5. The van der Waals surface area contributed by atoms with Crippen molar-refractivity contribution in [2.24, 2.45) is 0 Å². The van der Waals surface area contributed by atoms with E-state index in [4.69, 9.17) is 19.4 Å². The second kappa shape index (κ2) is 11.7. The summed E-state index contributed by atoms with van der Waals surface area (Å²) in [6.07, 6.45) is 9.15. The quantitative estimate of drug-likeness (QED) is 0.188. The van der Waals surface area contributed by atoms with Crippen molar-refractivity contribution < 1.29 is 4.42 Å². The maximum absolute atomic E-state index is 6.80. The third-order valence-electron chi connectivity index (χ3n) is 10.3. The molecule has 5 heteroatoms. The number of rotatable bonds is 5. The zero-order chi connectivity index (χ0) is 33.0. The van der Waals surface area contributed by atoms with E-state index in [1.54, 1.807) is 0 Å². The van der Waals surface area contributed by atoms with Crippen molar-refractivity contribution in [3.8, 4) is 22.8 Å². The molecule has 4 atom stereocenters. The molecule has 0 bridgehead atoms. The van der Waals surface area contributed by atoms with Gasteiger partial charge in [0.25, 0.3) is 0 Å². The van der Waals surface area contributed by atoms with Crippen LogP contribution in [0.5, 0.6) is 0 Å². The van der Waals surface area contributed by atoms with Gasteiger partial charge in [-0.15, -0.1) is 0 Å². The van der Waals surface area contributed by atoms with E-state index in [9.17, 15) is 0 Å². The lowest BCUT2D eigenvalue weighted by Crippen LogP contribution is -2.36. The molecular formula is C45H32N4O. The Kier molecular flexibility index (Phi) is 6.69. The van der Waals surface area contributed by atoms with Crippen molar-refractivity contribution in [2.75, 3.05) is 4.90 Å². The van der Waals surface area contributed by atoms with Gasteiger partial charge in [0, 0.05) is 45.1 Å². The fourth-order valence-electron chi connectivity index (χ4n) is 8.04. The Labute approximate surface area is 290 Å². The van der Waals surface area contributed by atoms with Crippen LogP contribution < -0.4 is 15.5 Å². The molecule has 5 nitrogen and oxygen atoms in total. The van der Waals surface area contributed by atoms with Crippen LogP contribution in [0.25, 0.3) is 41.0 Å². The summed E-state index contributed by atoms with van der Waals surface area (Å²) < 4.78 is 6.80. The number of anilines is 2. The lowest BCUT2D eigenvalue weighted by Gasteiger charge is -2.30. The topological polar surface area (TPSA) is 55.1 Å². The molecule has 3 aliphatic rings. The largest absolute Gasteiger partial charge is 0.457 e. The first kappa shape index (κ1) is 28.7. The van der Waals surface area contributed by atoms with Crippen LogP contribution in [0, 0.1) is 0 Å². The van der Waals surface area contributed by atoms with Gasteiger partial charge in [-0.2, -0.15) is 0 Å². The molecular weight excluding hydrogens is 613 g/mol. The number of benzene rings is 5. The van der Waals surface area contributed by atoms with Crippen LogP contribution in [0.15, 0.2) is 156 Å². The van der Waals surface area contributed by atoms with Crippen LogP contribution >= 0.6 is 0 Å². The monoisotopic (exact) mass is 644 g/mol. The Hall–Kier alpha value is -6.33. The fourth-order valence-corrected chi connectivity index (χ4v) is 8.04. The van der Waals surface area contributed by atoms with Crippen LogP contribution in [0.4, 0.5) is 11.4 Å². The van der Waals surface area contributed by atoms with Crippen molar-refractivity contribution in [3.63, 3.8) is 0 Å². The van der Waals surface area contributed by atoms with E-state index in [-0.39, 0.29) is 23.8 Å². The summed E-state index contributed by atoms with van der Waals surface area (Å²) in [4.78, 5) is 17.8. The summed E-state index contributed by atoms with van der Waals surface area (Å²) in [5, 5.41) is 1.16. The van der Waals surface area contributed by atoms with Crippen LogP contribution in [0.1, 0.15) is 46.0 Å². The van der Waals surface area contributed by atoms with Crippen molar-refractivity contribution >= 4 is 29.6 Å². The first-order chi connectivity index (χ1) is 24.8. The highest BCUT2D eigenvalue weighted by atomic mass is 16.3. The molecule has 0 amide bonds. The number of nitrogens with zero attached hydrogens (tertiary/aromatic N) is 4. The average molecular weight is 645 g/mol. The van der Waals surface area contributed by atoms with E-state index in [1.165, 1.54) is 28.1 Å². The van der Waals surface area contributed by atoms with Gasteiger partial charge in [0.1, 0.15) is 17.0 Å². The molecule has 0 saturated carbocycles. The van der Waals surface area contributed by atoms with Crippen LogP contribution in [-0.4, -0.2) is 21.0 Å². The third-order valence-corrected chi connectivity index (χ3v) is 10.3. The first-order valence-corrected chi connectivity index (χ1v) is 17.2. The molecule has 7 aromatic rings. The maximum Gasteiger partial charge on any atom is 0.163 e. The first-order valence-electron chi connectivity index (χ1n) is 17.2. The zero-order valence-electron chi connectivity index (χ0n) is 27.2. The van der Waals surface area contributed by atoms with Crippen molar-refractivity contribution in [2.45, 2.75) is 23.8 Å². The zero-order valence-corrected chi connectivity index (χ0v) is 27.2. The Bertz CT molecular complexity index is 2450. The molecule has 0 saturated heterocycles. The minimum absolute atomic E-state index is 0.0220. The van der Waals surface area contributed by atoms with Crippen LogP contribution in [0.2, 0.25) is 0 Å². The SMILES string of the molecule is C1=CC2C(c3ccccc3N2c2ccccc2)c2c1oc1c2=CC(c2ccccc2)C(c2nc(-c3ccccc3)nc(-c3ccccc3)n2)C=1. The lowest BCUT2D eigenvalue weighted by atomic mass is 9.78. The normalized spacial score (nSPS) is 19.8. The van der Waals surface area contributed by atoms with Crippen LogP contribution in [-0.2, 0) is 0 Å². The predicted molar refractivity (Wildman–Crippen MR) is 199 cm³/mol. The Morgan fingerprint density at radius 1 is 0.560 bits per heavy atom. The highest BCUT2D eigenvalue weighted by Gasteiger charge is 2.43. The van der Waals surface area contributed by atoms with Gasteiger partial charge >= 0.3 is 0 Å². The lowest BCUT2D eigenvalue weighted by molar-refractivity contribution is 0.508. The summed E-state index contributed by atoms with van der Waals surface area (Å²) >= 11 is 0. The molecule has 0 N–H and O–H groups in total. The molecule has 10 rings (SSSR count). The Balaban J connectivity index is 1.18. The third kappa shape index (κ3) is 4.66. The number of fused-ring (bicyclic) bond motifs is 7. The van der Waals surface area contributed by atoms with Crippen molar-refractivity contribution in [1.82, 2.24) is 15.0 Å². The van der Waals surface area contributed by atoms with E-state index in [1.807, 2.05) is 36.4 Å². The average Bonchev–Trinajstić information content (AvgIpc) is 3.73. The van der Waals surface area contributed by atoms with E-state index >= 15 is 0 Å². The van der Waals surface area contributed by atoms with Gasteiger partial charge in [-0.3, -0.25) is 0 Å². The molecule has 3 heterocycles. The fraction of sp³-hybridized carbons (Fsp3) is 0.0889. The molecule has 2 aliphatic carbocycles. The predicted octanol–water partition coefficient (Wildman–Crippen LogP) is 8.62. The summed E-state index contributed by atoms with van der Waals surface area (Å²) in [5.41, 5.74) is 8.99. The van der Waals surface area contributed by atoms with Gasteiger partial charge in [-0.25, -0.2) is 15.0 Å². The molecule has 2 aromatic heterocycles. The van der Waals surface area contributed by atoms with Gasteiger partial charge in [0.2, 0.25) is 0 Å². The number of aromatic nitrogens is 3. The maximum atomic E-state index is 6.80. The molecule has 0 spiro atoms. The smallest absolute Gasteiger partial charge is 0.163 e. The molecule has 5 aromatic carbocycles. The van der Waals surface area contributed by atoms with Crippen molar-refractivity contribution in [3.05, 3.63) is 191 Å². The molecule has 0 fully saturated rings. The Morgan fingerprint density at radius 2 is 1.16 bits per heavy atom. The number of furan rings is 1. The second-order valence-corrected chi connectivity index (χ2v) is 13.1. The minimum atomic E-state index is -0.179. The van der Waals surface area contributed by atoms with E-state index in [2.05, 4.69) is 138 Å². The molecule has 238 valence electrons. The highest BCUT2D eigenvalue weighted by molar-refractivity contribution is 5.79. The second-order valence-electron chi connectivity index (χ2n) is 13.1. The van der Waals surface area contributed by atoms with Gasteiger partial charge in [-0.1, -0.05) is 140 Å². The molecule has 0 radical (unpaired) electrons. The van der Waals surface area contributed by atoms with E-state index in [0.717, 1.165) is 33.3 Å². The van der Waals surface area contributed by atoms with Gasteiger partial charge in [0.05, 0.1) is 12.0 Å². The van der Waals surface area contributed by atoms with Gasteiger partial charge in [0.15, 0.2) is 11.6 Å². The summed E-state index contributed by atoms with van der Waals surface area (Å²) in [5.74, 6) is 2.89. The van der Waals surface area contributed by atoms with E-state index in [0.29, 0.717) is 11.6 Å².